The fourth-order valence-electron chi connectivity index (χ4n) is 4.80. The molecule has 0 heterocycles. The Morgan fingerprint density at radius 2 is 0.553 bits per heavy atom. The third-order valence-corrected chi connectivity index (χ3v) is 6.65. The first-order valence-electron chi connectivity index (χ1n) is 11.2. The Kier molecular flexibility index (Phi) is 8.14. The van der Waals surface area contributed by atoms with Crippen LogP contribution < -0.4 is 0 Å². The first kappa shape index (κ1) is 29.4. The molecule has 0 saturated heterocycles. The summed E-state index contributed by atoms with van der Waals surface area (Å²) in [5.41, 5.74) is -6.52. The van der Waals surface area contributed by atoms with Crippen LogP contribution in [0.15, 0.2) is 0 Å². The summed E-state index contributed by atoms with van der Waals surface area (Å²) in [6.45, 7) is 3.82. The van der Waals surface area contributed by atoms with Crippen LogP contribution in [0, 0.1) is 83.7 Å². The van der Waals surface area contributed by atoms with E-state index in [9.17, 15) is 43.9 Å². The Morgan fingerprint density at radius 1 is 0.342 bits per heavy atom. The second kappa shape index (κ2) is 10.5. The molecule has 0 aliphatic rings. The standard InChI is InChI=1S/C26H18F12/c1-5-9(11-7(3)15(27)21(33)23(35)17(11)29)13-14(20(32)26(38)25(37)19(13)31)10(6-2)12-8(4)16(28)22(34)24(36)18(12)30/h9-10H,5-6H2,1-4H3. The molecule has 3 aromatic carbocycles. The van der Waals surface area contributed by atoms with Gasteiger partial charge in [-0.2, -0.15) is 0 Å². The van der Waals surface area contributed by atoms with Gasteiger partial charge in [-0.05, 0) is 37.8 Å². The zero-order valence-electron chi connectivity index (χ0n) is 20.1. The lowest BCUT2D eigenvalue weighted by atomic mass is 9.76. The first-order valence-corrected chi connectivity index (χ1v) is 11.2. The highest BCUT2D eigenvalue weighted by atomic mass is 19.2. The second-order valence-corrected chi connectivity index (χ2v) is 8.59. The van der Waals surface area contributed by atoms with E-state index in [-0.39, 0.29) is 0 Å². The van der Waals surface area contributed by atoms with Crippen molar-refractivity contribution >= 4 is 0 Å². The van der Waals surface area contributed by atoms with Crippen molar-refractivity contribution in [1.82, 2.24) is 0 Å². The Bertz CT molecular complexity index is 1280. The van der Waals surface area contributed by atoms with E-state index in [2.05, 4.69) is 0 Å². The van der Waals surface area contributed by atoms with Gasteiger partial charge in [0.1, 0.15) is 0 Å². The Labute approximate surface area is 208 Å². The molecular formula is C26H18F12. The lowest BCUT2D eigenvalue weighted by Gasteiger charge is -2.29. The van der Waals surface area contributed by atoms with E-state index in [1.807, 2.05) is 0 Å². The summed E-state index contributed by atoms with van der Waals surface area (Å²) in [5.74, 6) is -30.3. The molecule has 2 unspecified atom stereocenters. The topological polar surface area (TPSA) is 0 Å². The fraction of sp³-hybridized carbons (Fsp3) is 0.308. The molecule has 38 heavy (non-hydrogen) atoms. The second-order valence-electron chi connectivity index (χ2n) is 8.59. The largest absolute Gasteiger partial charge is 0.203 e. The van der Waals surface area contributed by atoms with E-state index in [1.54, 1.807) is 0 Å². The summed E-state index contributed by atoms with van der Waals surface area (Å²) in [6, 6.07) is 0. The Hall–Kier alpha value is -3.18. The van der Waals surface area contributed by atoms with Gasteiger partial charge in [-0.25, -0.2) is 52.7 Å². The SMILES string of the molecule is CCC(c1c(C)c(F)c(F)c(F)c1F)c1c(F)c(F)c(F)c(F)c1C(CC)c1c(C)c(F)c(F)c(F)c1F. The summed E-state index contributed by atoms with van der Waals surface area (Å²) in [5, 5.41) is 0. The molecule has 12 heteroatoms. The van der Waals surface area contributed by atoms with E-state index in [0.29, 0.717) is 0 Å². The van der Waals surface area contributed by atoms with E-state index >= 15 is 8.78 Å². The molecule has 3 rings (SSSR count). The molecule has 0 bridgehead atoms. The highest BCUT2D eigenvalue weighted by Gasteiger charge is 2.39. The van der Waals surface area contributed by atoms with Crippen LogP contribution in [0.2, 0.25) is 0 Å². The maximum Gasteiger partial charge on any atom is 0.197 e. The fourth-order valence-corrected chi connectivity index (χ4v) is 4.80. The highest BCUT2D eigenvalue weighted by Crippen LogP contribution is 2.46. The lowest BCUT2D eigenvalue weighted by Crippen LogP contribution is -2.21. The van der Waals surface area contributed by atoms with Gasteiger partial charge in [0, 0.05) is 34.1 Å². The van der Waals surface area contributed by atoms with Crippen molar-refractivity contribution in [2.24, 2.45) is 0 Å². The number of halogens is 12. The minimum absolute atomic E-state index is 0.583. The van der Waals surface area contributed by atoms with E-state index in [4.69, 9.17) is 0 Å². The maximum absolute atomic E-state index is 15.3. The maximum atomic E-state index is 15.3. The number of hydrogen-bond acceptors (Lipinski definition) is 0. The van der Waals surface area contributed by atoms with Crippen molar-refractivity contribution in [1.29, 1.82) is 0 Å². The molecule has 206 valence electrons. The molecule has 0 aromatic heterocycles. The van der Waals surface area contributed by atoms with Gasteiger partial charge in [0.05, 0.1) is 0 Å². The molecule has 0 aliphatic carbocycles. The Morgan fingerprint density at radius 3 is 0.789 bits per heavy atom. The van der Waals surface area contributed by atoms with Crippen LogP contribution in [-0.2, 0) is 0 Å². The average molecular weight is 558 g/mol. The van der Waals surface area contributed by atoms with Gasteiger partial charge < -0.3 is 0 Å². The van der Waals surface area contributed by atoms with Gasteiger partial charge in [-0.15, -0.1) is 0 Å². The van der Waals surface area contributed by atoms with Crippen molar-refractivity contribution in [3.8, 4) is 0 Å². The summed E-state index contributed by atoms with van der Waals surface area (Å²) >= 11 is 0. The quantitative estimate of drug-likeness (QED) is 0.161. The van der Waals surface area contributed by atoms with Crippen LogP contribution in [0.1, 0.15) is 71.9 Å². The van der Waals surface area contributed by atoms with Crippen LogP contribution in [0.4, 0.5) is 52.7 Å². The molecule has 0 amide bonds. The minimum atomic E-state index is -2.43. The van der Waals surface area contributed by atoms with Crippen LogP contribution >= 0.6 is 0 Å². The molecule has 0 aliphatic heterocycles. The highest BCUT2D eigenvalue weighted by molar-refractivity contribution is 5.50. The summed E-state index contributed by atoms with van der Waals surface area (Å²) in [4.78, 5) is 0. The van der Waals surface area contributed by atoms with Gasteiger partial charge in [0.2, 0.25) is 0 Å². The molecular weight excluding hydrogens is 540 g/mol. The van der Waals surface area contributed by atoms with Crippen molar-refractivity contribution in [2.75, 3.05) is 0 Å². The normalized spacial score (nSPS) is 13.3. The zero-order valence-corrected chi connectivity index (χ0v) is 20.1. The lowest BCUT2D eigenvalue weighted by molar-refractivity contribution is 0.379. The summed E-state index contributed by atoms with van der Waals surface area (Å²) < 4.78 is 174. The average Bonchev–Trinajstić information content (AvgIpc) is 2.90. The number of hydrogen-bond donors (Lipinski definition) is 0. The van der Waals surface area contributed by atoms with Crippen LogP contribution in [0.3, 0.4) is 0 Å². The van der Waals surface area contributed by atoms with Crippen LogP contribution in [0.5, 0.6) is 0 Å². The molecule has 3 aromatic rings. The summed E-state index contributed by atoms with van der Waals surface area (Å²) in [7, 11) is 0. The van der Waals surface area contributed by atoms with Crippen LogP contribution in [-0.4, -0.2) is 0 Å². The Balaban J connectivity index is 2.55. The molecule has 0 radical (unpaired) electrons. The van der Waals surface area contributed by atoms with Gasteiger partial charge in [0.25, 0.3) is 0 Å². The van der Waals surface area contributed by atoms with E-state index < -0.39 is 128 Å². The first-order chi connectivity index (χ1) is 17.6. The summed E-state index contributed by atoms with van der Waals surface area (Å²) in [6.07, 6.45) is -1.17. The molecule has 0 fully saturated rings. The minimum Gasteiger partial charge on any atom is -0.203 e. The third-order valence-electron chi connectivity index (χ3n) is 6.65. The van der Waals surface area contributed by atoms with Gasteiger partial charge in [-0.1, -0.05) is 13.8 Å². The predicted octanol–water partition coefficient (Wildman–Crippen LogP) is 9.06. The molecule has 0 spiro atoms. The van der Waals surface area contributed by atoms with Gasteiger partial charge in [0.15, 0.2) is 69.8 Å². The predicted molar refractivity (Wildman–Crippen MR) is 113 cm³/mol. The number of benzene rings is 3. The molecule has 2 atom stereocenters. The third kappa shape index (κ3) is 4.21. The zero-order chi connectivity index (χ0) is 29.0. The molecule has 0 saturated carbocycles. The van der Waals surface area contributed by atoms with Gasteiger partial charge >= 0.3 is 0 Å². The van der Waals surface area contributed by atoms with Crippen molar-refractivity contribution in [3.05, 3.63) is 103 Å². The van der Waals surface area contributed by atoms with Crippen molar-refractivity contribution < 1.29 is 52.7 Å². The van der Waals surface area contributed by atoms with Crippen molar-refractivity contribution in [3.63, 3.8) is 0 Å². The van der Waals surface area contributed by atoms with E-state index in [0.717, 1.165) is 27.7 Å². The van der Waals surface area contributed by atoms with Crippen molar-refractivity contribution in [2.45, 2.75) is 52.4 Å². The van der Waals surface area contributed by atoms with Gasteiger partial charge in [-0.3, -0.25) is 0 Å². The molecule has 0 N–H and O–H groups in total. The van der Waals surface area contributed by atoms with E-state index in [1.165, 1.54) is 0 Å². The number of rotatable bonds is 6. The smallest absolute Gasteiger partial charge is 0.197 e. The molecule has 0 nitrogen and oxygen atoms in total. The van der Waals surface area contributed by atoms with Crippen LogP contribution in [0.25, 0.3) is 0 Å². The monoisotopic (exact) mass is 558 g/mol.